The smallest absolute Gasteiger partial charge is 0.255 e. The van der Waals surface area contributed by atoms with Crippen LogP contribution in [0.25, 0.3) is 0 Å². The third-order valence-electron chi connectivity index (χ3n) is 7.58. The first kappa shape index (κ1) is 19.7. The lowest BCUT2D eigenvalue weighted by atomic mass is 9.69. The van der Waals surface area contributed by atoms with Crippen LogP contribution in [0.3, 0.4) is 0 Å². The highest BCUT2D eigenvalue weighted by atomic mass is 16.2. The number of carbonyl (C=O) groups is 3. The summed E-state index contributed by atoms with van der Waals surface area (Å²) in [6.07, 6.45) is 7.04. The Morgan fingerprint density at radius 1 is 1.13 bits per heavy atom. The van der Waals surface area contributed by atoms with Gasteiger partial charge in [0.05, 0.1) is 0 Å². The third-order valence-corrected chi connectivity index (χ3v) is 7.58. The van der Waals surface area contributed by atoms with Gasteiger partial charge in [0.2, 0.25) is 11.8 Å². The number of amides is 3. The van der Waals surface area contributed by atoms with Crippen molar-refractivity contribution in [1.82, 2.24) is 20.9 Å². The summed E-state index contributed by atoms with van der Waals surface area (Å²) in [5, 5.41) is 9.70. The van der Waals surface area contributed by atoms with Crippen LogP contribution in [0.2, 0.25) is 0 Å². The minimum Gasteiger partial charge on any atom is -0.322 e. The average Bonchev–Trinajstić information content (AvgIpc) is 3.33. The van der Waals surface area contributed by atoms with Crippen LogP contribution in [0.5, 0.6) is 0 Å². The molecule has 3 heterocycles. The summed E-state index contributed by atoms with van der Waals surface area (Å²) in [6.45, 7) is 3.41. The van der Waals surface area contributed by atoms with E-state index in [0.717, 1.165) is 30.8 Å². The number of rotatable bonds is 4. The molecule has 1 aliphatic carbocycles. The van der Waals surface area contributed by atoms with Gasteiger partial charge in [-0.05, 0) is 54.8 Å². The number of nitrogens with one attached hydrogen (secondary N) is 3. The van der Waals surface area contributed by atoms with E-state index < -0.39 is 6.04 Å². The van der Waals surface area contributed by atoms with Gasteiger partial charge in [0.1, 0.15) is 6.04 Å². The molecule has 1 aromatic rings. The molecule has 1 spiro atoms. The van der Waals surface area contributed by atoms with Crippen LogP contribution < -0.4 is 16.0 Å². The van der Waals surface area contributed by atoms with Crippen LogP contribution in [0, 0.1) is 5.41 Å². The highest BCUT2D eigenvalue weighted by Crippen LogP contribution is 2.41. The molecule has 3 unspecified atom stereocenters. The molecule has 1 saturated carbocycles. The Balaban J connectivity index is 1.27. The summed E-state index contributed by atoms with van der Waals surface area (Å²) in [7, 11) is 0. The molecular formula is C23H30N4O3. The fourth-order valence-electron chi connectivity index (χ4n) is 5.85. The quantitative estimate of drug-likeness (QED) is 0.654. The van der Waals surface area contributed by atoms with Crippen molar-refractivity contribution < 1.29 is 14.4 Å². The number of imide groups is 1. The molecule has 3 aliphatic heterocycles. The molecule has 3 fully saturated rings. The molecule has 0 aromatic heterocycles. The second-order valence-corrected chi connectivity index (χ2v) is 9.36. The average molecular weight is 411 g/mol. The molecule has 7 heteroatoms. The van der Waals surface area contributed by atoms with Gasteiger partial charge in [0.15, 0.2) is 0 Å². The largest absolute Gasteiger partial charge is 0.322 e. The third kappa shape index (κ3) is 3.44. The standard InChI is InChI=1S/C23H30N4O3/c28-20-7-6-18(21(29)26-20)27-13-16-5-4-15(11-17(16)22(27)30)12-25-19-3-1-2-8-23(19)9-10-24-14-23/h4-5,11,18-19,24-25H,1-3,6-10,12-14H2,(H,26,28,29). The Hall–Kier alpha value is -2.25. The van der Waals surface area contributed by atoms with Crippen molar-refractivity contribution in [3.05, 3.63) is 34.9 Å². The Labute approximate surface area is 177 Å². The second kappa shape index (κ2) is 7.78. The highest BCUT2D eigenvalue weighted by molar-refractivity contribution is 6.05. The van der Waals surface area contributed by atoms with E-state index in [1.807, 2.05) is 12.1 Å². The van der Waals surface area contributed by atoms with E-state index >= 15 is 0 Å². The SMILES string of the molecule is O=C1CCC(N2Cc3ccc(CNC4CCCCC45CCNC5)cc3C2=O)C(=O)N1. The maximum absolute atomic E-state index is 13.0. The Kier molecular flexibility index (Phi) is 5.11. The molecule has 2 saturated heterocycles. The number of nitrogens with zero attached hydrogens (tertiary/aromatic N) is 1. The van der Waals surface area contributed by atoms with Crippen LogP contribution >= 0.6 is 0 Å². The molecule has 3 amide bonds. The number of piperidine rings is 1. The van der Waals surface area contributed by atoms with E-state index in [2.05, 4.69) is 22.0 Å². The van der Waals surface area contributed by atoms with Crippen molar-refractivity contribution in [2.45, 2.75) is 70.1 Å². The molecule has 0 bridgehead atoms. The maximum Gasteiger partial charge on any atom is 0.255 e. The molecule has 5 rings (SSSR count). The molecule has 1 aromatic carbocycles. The zero-order valence-corrected chi connectivity index (χ0v) is 17.3. The summed E-state index contributed by atoms with van der Waals surface area (Å²) < 4.78 is 0. The second-order valence-electron chi connectivity index (χ2n) is 9.36. The lowest BCUT2D eigenvalue weighted by molar-refractivity contribution is -0.136. The van der Waals surface area contributed by atoms with Crippen molar-refractivity contribution in [2.75, 3.05) is 13.1 Å². The van der Waals surface area contributed by atoms with Crippen molar-refractivity contribution in [2.24, 2.45) is 5.41 Å². The van der Waals surface area contributed by atoms with Gasteiger partial charge in [-0.2, -0.15) is 0 Å². The van der Waals surface area contributed by atoms with E-state index in [-0.39, 0.29) is 24.1 Å². The van der Waals surface area contributed by atoms with Gasteiger partial charge in [0, 0.05) is 37.7 Å². The van der Waals surface area contributed by atoms with E-state index in [1.54, 1.807) is 4.90 Å². The zero-order valence-electron chi connectivity index (χ0n) is 17.3. The molecule has 0 radical (unpaired) electrons. The Morgan fingerprint density at radius 3 is 2.83 bits per heavy atom. The van der Waals surface area contributed by atoms with Gasteiger partial charge in [-0.25, -0.2) is 0 Å². The van der Waals surface area contributed by atoms with Crippen molar-refractivity contribution in [3.63, 3.8) is 0 Å². The van der Waals surface area contributed by atoms with Gasteiger partial charge in [-0.3, -0.25) is 19.7 Å². The van der Waals surface area contributed by atoms with Gasteiger partial charge in [0.25, 0.3) is 5.91 Å². The summed E-state index contributed by atoms with van der Waals surface area (Å²) >= 11 is 0. The predicted octanol–water partition coefficient (Wildman–Crippen LogP) is 1.46. The van der Waals surface area contributed by atoms with E-state index in [9.17, 15) is 14.4 Å². The molecule has 4 aliphatic rings. The normalized spacial score (nSPS) is 31.3. The van der Waals surface area contributed by atoms with Gasteiger partial charge < -0.3 is 15.5 Å². The van der Waals surface area contributed by atoms with Gasteiger partial charge >= 0.3 is 0 Å². The molecule has 30 heavy (non-hydrogen) atoms. The molecule has 160 valence electrons. The number of carbonyl (C=O) groups excluding carboxylic acids is 3. The topological polar surface area (TPSA) is 90.5 Å². The lowest BCUT2D eigenvalue weighted by Gasteiger charge is -2.41. The fourth-order valence-corrected chi connectivity index (χ4v) is 5.85. The lowest BCUT2D eigenvalue weighted by Crippen LogP contribution is -2.52. The van der Waals surface area contributed by atoms with E-state index in [0.29, 0.717) is 30.0 Å². The summed E-state index contributed by atoms with van der Waals surface area (Å²) in [5.41, 5.74) is 3.15. The molecule has 7 nitrogen and oxygen atoms in total. The Morgan fingerprint density at radius 2 is 2.03 bits per heavy atom. The summed E-state index contributed by atoms with van der Waals surface area (Å²) in [6, 6.07) is 6.06. The number of fused-ring (bicyclic) bond motifs is 1. The fraction of sp³-hybridized carbons (Fsp3) is 0.609. The van der Waals surface area contributed by atoms with Gasteiger partial charge in [-0.1, -0.05) is 25.0 Å². The Bertz CT molecular complexity index is 877. The molecule has 3 N–H and O–H groups in total. The van der Waals surface area contributed by atoms with Crippen LogP contribution in [-0.2, 0) is 22.7 Å². The first-order valence-electron chi connectivity index (χ1n) is 11.3. The van der Waals surface area contributed by atoms with Crippen molar-refractivity contribution in [3.8, 4) is 0 Å². The first-order chi connectivity index (χ1) is 14.6. The minimum absolute atomic E-state index is 0.101. The zero-order chi connectivity index (χ0) is 20.7. The first-order valence-corrected chi connectivity index (χ1v) is 11.3. The minimum atomic E-state index is -0.555. The van der Waals surface area contributed by atoms with Gasteiger partial charge in [-0.15, -0.1) is 0 Å². The van der Waals surface area contributed by atoms with E-state index in [1.165, 1.54) is 32.1 Å². The predicted molar refractivity (Wildman–Crippen MR) is 112 cm³/mol. The summed E-state index contributed by atoms with van der Waals surface area (Å²) in [4.78, 5) is 38.3. The molecule has 3 atom stereocenters. The van der Waals surface area contributed by atoms with Crippen LogP contribution in [-0.4, -0.2) is 47.8 Å². The van der Waals surface area contributed by atoms with E-state index in [4.69, 9.17) is 0 Å². The maximum atomic E-state index is 13.0. The monoisotopic (exact) mass is 410 g/mol. The van der Waals surface area contributed by atoms with Crippen LogP contribution in [0.1, 0.15) is 66.4 Å². The summed E-state index contributed by atoms with van der Waals surface area (Å²) in [5.74, 6) is -0.718. The van der Waals surface area contributed by atoms with Crippen LogP contribution in [0.4, 0.5) is 0 Å². The highest BCUT2D eigenvalue weighted by Gasteiger charge is 2.43. The number of hydrogen-bond donors (Lipinski definition) is 3. The van der Waals surface area contributed by atoms with Crippen LogP contribution in [0.15, 0.2) is 18.2 Å². The van der Waals surface area contributed by atoms with Crippen molar-refractivity contribution >= 4 is 17.7 Å². The number of benzene rings is 1. The van der Waals surface area contributed by atoms with Crippen molar-refractivity contribution in [1.29, 1.82) is 0 Å². The molecular weight excluding hydrogens is 380 g/mol. The number of hydrogen-bond acceptors (Lipinski definition) is 5.